The number of hydrogen-bond donors (Lipinski definition) is 1. The number of aromatic nitrogens is 2. The van der Waals surface area contributed by atoms with Crippen molar-refractivity contribution < 1.29 is 4.74 Å². The molecule has 2 aromatic rings. The van der Waals surface area contributed by atoms with Crippen LogP contribution >= 0.6 is 34.7 Å². The smallest absolute Gasteiger partial charge is 0.210 e. The molecule has 0 aliphatic rings. The van der Waals surface area contributed by atoms with Gasteiger partial charge in [-0.3, -0.25) is 0 Å². The molecule has 100 valence electrons. The standard InChI is InChI=1S/C12H12ClN3OS2/c1-8(13)7-18-12-16-15-11(19-12)14-9-3-5-10(17-2)6-4-9/h3-6H,1,7H2,2H3,(H,14,15). The summed E-state index contributed by atoms with van der Waals surface area (Å²) in [5.41, 5.74) is 0.940. The molecule has 0 spiro atoms. The molecule has 0 amide bonds. The summed E-state index contributed by atoms with van der Waals surface area (Å²) in [5, 5.41) is 12.7. The van der Waals surface area contributed by atoms with Gasteiger partial charge in [0.25, 0.3) is 0 Å². The number of nitrogens with zero attached hydrogens (tertiary/aromatic N) is 2. The van der Waals surface area contributed by atoms with E-state index in [1.807, 2.05) is 24.3 Å². The van der Waals surface area contributed by atoms with Crippen LogP contribution in [0, 0.1) is 0 Å². The van der Waals surface area contributed by atoms with Gasteiger partial charge < -0.3 is 10.1 Å². The molecule has 7 heteroatoms. The molecule has 0 radical (unpaired) electrons. The van der Waals surface area contributed by atoms with E-state index in [1.54, 1.807) is 7.11 Å². The van der Waals surface area contributed by atoms with Crippen molar-refractivity contribution >= 4 is 45.5 Å². The maximum Gasteiger partial charge on any atom is 0.210 e. The molecule has 1 aromatic heterocycles. The normalized spacial score (nSPS) is 10.2. The molecule has 1 aromatic carbocycles. The van der Waals surface area contributed by atoms with Crippen LogP contribution in [0.4, 0.5) is 10.8 Å². The Kier molecular flexibility index (Phi) is 5.07. The van der Waals surface area contributed by atoms with Gasteiger partial charge in [-0.25, -0.2) is 0 Å². The minimum absolute atomic E-state index is 0.602. The average Bonchev–Trinajstić information content (AvgIpc) is 2.85. The fourth-order valence-electron chi connectivity index (χ4n) is 1.26. The zero-order chi connectivity index (χ0) is 13.7. The topological polar surface area (TPSA) is 47.0 Å². The lowest BCUT2D eigenvalue weighted by atomic mass is 10.3. The first-order chi connectivity index (χ1) is 9.17. The highest BCUT2D eigenvalue weighted by molar-refractivity contribution is 8.01. The third kappa shape index (κ3) is 4.41. The van der Waals surface area contributed by atoms with Gasteiger partial charge in [-0.05, 0) is 24.3 Å². The molecule has 0 unspecified atom stereocenters. The Bertz CT molecular complexity index is 556. The van der Waals surface area contributed by atoms with Gasteiger partial charge in [-0.2, -0.15) is 0 Å². The molecule has 2 rings (SSSR count). The van der Waals surface area contributed by atoms with E-state index in [1.165, 1.54) is 23.1 Å². The molecule has 0 atom stereocenters. The first-order valence-corrected chi connectivity index (χ1v) is 7.56. The highest BCUT2D eigenvalue weighted by Crippen LogP contribution is 2.29. The lowest BCUT2D eigenvalue weighted by Crippen LogP contribution is -1.89. The monoisotopic (exact) mass is 313 g/mol. The van der Waals surface area contributed by atoms with Crippen molar-refractivity contribution in [1.82, 2.24) is 10.2 Å². The number of thioether (sulfide) groups is 1. The van der Waals surface area contributed by atoms with E-state index in [0.717, 1.165) is 20.9 Å². The SMILES string of the molecule is C=C(Cl)CSc1nnc(Nc2ccc(OC)cc2)s1. The van der Waals surface area contributed by atoms with Gasteiger partial charge in [0.2, 0.25) is 5.13 Å². The quantitative estimate of drug-likeness (QED) is 0.812. The number of ether oxygens (including phenoxy) is 1. The van der Waals surface area contributed by atoms with Gasteiger partial charge in [-0.1, -0.05) is 41.3 Å². The zero-order valence-electron chi connectivity index (χ0n) is 10.2. The van der Waals surface area contributed by atoms with E-state index in [9.17, 15) is 0 Å². The second kappa shape index (κ2) is 6.79. The number of rotatable bonds is 6. The van der Waals surface area contributed by atoms with Crippen molar-refractivity contribution in [3.05, 3.63) is 35.9 Å². The zero-order valence-corrected chi connectivity index (χ0v) is 12.6. The number of nitrogens with one attached hydrogen (secondary N) is 1. The Morgan fingerprint density at radius 3 is 2.79 bits per heavy atom. The summed E-state index contributed by atoms with van der Waals surface area (Å²) in [7, 11) is 1.64. The van der Waals surface area contributed by atoms with E-state index in [-0.39, 0.29) is 0 Å². The minimum Gasteiger partial charge on any atom is -0.497 e. The highest BCUT2D eigenvalue weighted by Gasteiger charge is 2.05. The molecule has 0 saturated carbocycles. The first-order valence-electron chi connectivity index (χ1n) is 5.38. The number of halogens is 1. The molecule has 0 bridgehead atoms. The van der Waals surface area contributed by atoms with Crippen molar-refractivity contribution in [3.63, 3.8) is 0 Å². The van der Waals surface area contributed by atoms with Crippen LogP contribution in [0.3, 0.4) is 0 Å². The number of benzene rings is 1. The highest BCUT2D eigenvalue weighted by atomic mass is 35.5. The van der Waals surface area contributed by atoms with Gasteiger partial charge in [0.05, 0.1) is 7.11 Å². The molecular formula is C12H12ClN3OS2. The minimum atomic E-state index is 0.602. The Morgan fingerprint density at radius 1 is 1.42 bits per heavy atom. The largest absolute Gasteiger partial charge is 0.497 e. The van der Waals surface area contributed by atoms with E-state index >= 15 is 0 Å². The third-order valence-corrected chi connectivity index (χ3v) is 4.45. The fourth-order valence-corrected chi connectivity index (χ4v) is 2.95. The second-order valence-electron chi connectivity index (χ2n) is 3.53. The fraction of sp³-hybridized carbons (Fsp3) is 0.167. The van der Waals surface area contributed by atoms with Crippen LogP contribution in [0.5, 0.6) is 5.75 Å². The molecule has 1 heterocycles. The first kappa shape index (κ1) is 14.2. The Balaban J connectivity index is 1.96. The predicted molar refractivity (Wildman–Crippen MR) is 81.9 cm³/mol. The summed E-state index contributed by atoms with van der Waals surface area (Å²) in [5.74, 6) is 1.46. The van der Waals surface area contributed by atoms with Crippen LogP contribution in [-0.2, 0) is 0 Å². The van der Waals surface area contributed by atoms with Crippen molar-refractivity contribution in [2.75, 3.05) is 18.2 Å². The average molecular weight is 314 g/mol. The molecule has 0 saturated heterocycles. The number of hydrogen-bond acceptors (Lipinski definition) is 6. The van der Waals surface area contributed by atoms with Crippen molar-refractivity contribution in [1.29, 1.82) is 0 Å². The van der Waals surface area contributed by atoms with Gasteiger partial charge in [0, 0.05) is 16.5 Å². The molecular weight excluding hydrogens is 302 g/mol. The van der Waals surface area contributed by atoms with Crippen molar-refractivity contribution in [2.45, 2.75) is 4.34 Å². The summed E-state index contributed by atoms with van der Waals surface area (Å²) >= 11 is 8.70. The summed E-state index contributed by atoms with van der Waals surface area (Å²) in [6, 6.07) is 7.62. The summed E-state index contributed by atoms with van der Waals surface area (Å²) in [4.78, 5) is 0. The van der Waals surface area contributed by atoms with Crippen molar-refractivity contribution in [3.8, 4) is 5.75 Å². The summed E-state index contributed by atoms with van der Waals surface area (Å²) < 4.78 is 5.96. The Hall–Kier alpha value is -1.24. The number of anilines is 2. The summed E-state index contributed by atoms with van der Waals surface area (Å²) in [6.45, 7) is 3.63. The van der Waals surface area contributed by atoms with E-state index < -0.39 is 0 Å². The van der Waals surface area contributed by atoms with Crippen LogP contribution in [0.1, 0.15) is 0 Å². The van der Waals surface area contributed by atoms with Gasteiger partial charge >= 0.3 is 0 Å². The van der Waals surface area contributed by atoms with Gasteiger partial charge in [0.1, 0.15) is 5.75 Å². The van der Waals surface area contributed by atoms with Crippen LogP contribution in [-0.4, -0.2) is 23.1 Å². The summed E-state index contributed by atoms with van der Waals surface area (Å²) in [6.07, 6.45) is 0. The number of methoxy groups -OCH3 is 1. The molecule has 4 nitrogen and oxygen atoms in total. The molecule has 19 heavy (non-hydrogen) atoms. The maximum atomic E-state index is 5.71. The Morgan fingerprint density at radius 2 is 2.16 bits per heavy atom. The second-order valence-corrected chi connectivity index (χ2v) is 6.27. The molecule has 1 N–H and O–H groups in total. The molecule has 0 aliphatic carbocycles. The lowest BCUT2D eigenvalue weighted by molar-refractivity contribution is 0.415. The predicted octanol–water partition coefficient (Wildman–Crippen LogP) is 4.13. The van der Waals surface area contributed by atoms with Gasteiger partial charge in [-0.15, -0.1) is 10.2 Å². The molecule has 0 fully saturated rings. The van der Waals surface area contributed by atoms with Crippen LogP contribution < -0.4 is 10.1 Å². The van der Waals surface area contributed by atoms with Crippen molar-refractivity contribution in [2.24, 2.45) is 0 Å². The molecule has 0 aliphatic heterocycles. The lowest BCUT2D eigenvalue weighted by Gasteiger charge is -2.03. The Labute approximate surface area is 124 Å². The van der Waals surface area contributed by atoms with Gasteiger partial charge in [0.15, 0.2) is 4.34 Å². The van der Waals surface area contributed by atoms with E-state index in [2.05, 4.69) is 22.1 Å². The van der Waals surface area contributed by atoms with E-state index in [0.29, 0.717) is 10.8 Å². The van der Waals surface area contributed by atoms with Crippen LogP contribution in [0.2, 0.25) is 0 Å². The van der Waals surface area contributed by atoms with E-state index in [4.69, 9.17) is 16.3 Å². The maximum absolute atomic E-state index is 5.71. The van der Waals surface area contributed by atoms with Crippen LogP contribution in [0.25, 0.3) is 0 Å². The third-order valence-electron chi connectivity index (χ3n) is 2.10. The van der Waals surface area contributed by atoms with Crippen LogP contribution in [0.15, 0.2) is 40.2 Å².